The molecule has 122 valence electrons. The van der Waals surface area contributed by atoms with Crippen LogP contribution in [-0.4, -0.2) is 62.9 Å². The molecule has 1 amide bonds. The molecule has 6 heteroatoms. The summed E-state index contributed by atoms with van der Waals surface area (Å²) in [5.41, 5.74) is 0. The highest BCUT2D eigenvalue weighted by Crippen LogP contribution is 2.16. The van der Waals surface area contributed by atoms with Crippen molar-refractivity contribution < 1.29 is 23.8 Å². The molecule has 0 radical (unpaired) electrons. The highest BCUT2D eigenvalue weighted by molar-refractivity contribution is 5.82. The van der Waals surface area contributed by atoms with Crippen molar-refractivity contribution >= 4 is 11.9 Å². The maximum atomic E-state index is 12.5. The van der Waals surface area contributed by atoms with Gasteiger partial charge < -0.3 is 19.1 Å². The molecule has 1 aliphatic rings. The van der Waals surface area contributed by atoms with E-state index in [0.29, 0.717) is 32.9 Å². The lowest BCUT2D eigenvalue weighted by Gasteiger charge is -2.27. The summed E-state index contributed by atoms with van der Waals surface area (Å²) in [5.74, 6) is -0.669. The highest BCUT2D eigenvalue weighted by atomic mass is 16.5. The van der Waals surface area contributed by atoms with Crippen LogP contribution in [0.15, 0.2) is 0 Å². The SMILES string of the molecule is CCOCCCN(CC(C)C(=O)OC)C(=O)C1CCCO1. The van der Waals surface area contributed by atoms with Crippen LogP contribution in [0.3, 0.4) is 0 Å². The van der Waals surface area contributed by atoms with Crippen molar-refractivity contribution in [2.45, 2.75) is 39.2 Å². The maximum absolute atomic E-state index is 12.5. The summed E-state index contributed by atoms with van der Waals surface area (Å²) in [5, 5.41) is 0. The number of amides is 1. The zero-order valence-electron chi connectivity index (χ0n) is 13.3. The lowest BCUT2D eigenvalue weighted by molar-refractivity contribution is -0.148. The summed E-state index contributed by atoms with van der Waals surface area (Å²) in [6, 6.07) is 0. The van der Waals surface area contributed by atoms with Gasteiger partial charge in [-0.05, 0) is 26.2 Å². The number of carbonyl (C=O) groups excluding carboxylic acids is 2. The molecule has 0 bridgehead atoms. The van der Waals surface area contributed by atoms with Crippen molar-refractivity contribution in [3.05, 3.63) is 0 Å². The van der Waals surface area contributed by atoms with Gasteiger partial charge in [-0.15, -0.1) is 0 Å². The van der Waals surface area contributed by atoms with E-state index in [2.05, 4.69) is 0 Å². The first kappa shape index (κ1) is 17.9. The fraction of sp³-hybridized carbons (Fsp3) is 0.867. The molecule has 0 aromatic rings. The minimum absolute atomic E-state index is 0.0280. The fourth-order valence-corrected chi connectivity index (χ4v) is 2.38. The molecule has 0 spiro atoms. The Labute approximate surface area is 126 Å². The fourth-order valence-electron chi connectivity index (χ4n) is 2.38. The monoisotopic (exact) mass is 301 g/mol. The second kappa shape index (κ2) is 9.73. The largest absolute Gasteiger partial charge is 0.469 e. The van der Waals surface area contributed by atoms with Crippen LogP contribution in [0.1, 0.15) is 33.1 Å². The first-order valence-electron chi connectivity index (χ1n) is 7.66. The van der Waals surface area contributed by atoms with Crippen LogP contribution in [0.4, 0.5) is 0 Å². The highest BCUT2D eigenvalue weighted by Gasteiger charge is 2.30. The zero-order valence-corrected chi connectivity index (χ0v) is 13.3. The summed E-state index contributed by atoms with van der Waals surface area (Å²) in [7, 11) is 1.36. The molecular weight excluding hydrogens is 274 g/mol. The smallest absolute Gasteiger partial charge is 0.310 e. The minimum Gasteiger partial charge on any atom is -0.469 e. The van der Waals surface area contributed by atoms with E-state index in [1.165, 1.54) is 7.11 Å². The van der Waals surface area contributed by atoms with Gasteiger partial charge in [-0.2, -0.15) is 0 Å². The van der Waals surface area contributed by atoms with Crippen molar-refractivity contribution in [3.8, 4) is 0 Å². The van der Waals surface area contributed by atoms with Gasteiger partial charge in [-0.3, -0.25) is 9.59 Å². The Morgan fingerprint density at radius 3 is 2.76 bits per heavy atom. The van der Waals surface area contributed by atoms with E-state index in [0.717, 1.165) is 19.3 Å². The summed E-state index contributed by atoms with van der Waals surface area (Å²) in [4.78, 5) is 25.7. The average molecular weight is 301 g/mol. The molecule has 0 saturated carbocycles. The van der Waals surface area contributed by atoms with Gasteiger partial charge >= 0.3 is 5.97 Å². The van der Waals surface area contributed by atoms with E-state index in [9.17, 15) is 9.59 Å². The van der Waals surface area contributed by atoms with Gasteiger partial charge in [0.25, 0.3) is 5.91 Å². The molecular formula is C15H27NO5. The van der Waals surface area contributed by atoms with Gasteiger partial charge in [0.15, 0.2) is 0 Å². The first-order valence-corrected chi connectivity index (χ1v) is 7.66. The lowest BCUT2D eigenvalue weighted by atomic mass is 10.1. The molecule has 1 aliphatic heterocycles. The molecule has 0 N–H and O–H groups in total. The Morgan fingerprint density at radius 2 is 2.19 bits per heavy atom. The summed E-state index contributed by atoms with van der Waals surface area (Å²) in [6.07, 6.45) is 2.06. The molecule has 0 aromatic heterocycles. The molecule has 1 heterocycles. The normalized spacial score (nSPS) is 19.3. The number of carbonyl (C=O) groups is 2. The predicted octanol–water partition coefficient (Wildman–Crippen LogP) is 1.23. The molecule has 0 aliphatic carbocycles. The van der Waals surface area contributed by atoms with E-state index in [4.69, 9.17) is 14.2 Å². The Bertz CT molecular complexity index is 328. The summed E-state index contributed by atoms with van der Waals surface area (Å²) < 4.78 is 15.5. The Hall–Kier alpha value is -1.14. The van der Waals surface area contributed by atoms with Gasteiger partial charge in [-0.1, -0.05) is 6.92 Å². The third-order valence-corrected chi connectivity index (χ3v) is 3.54. The van der Waals surface area contributed by atoms with Crippen LogP contribution in [0.25, 0.3) is 0 Å². The van der Waals surface area contributed by atoms with Crippen molar-refractivity contribution in [1.29, 1.82) is 0 Å². The number of hydrogen-bond acceptors (Lipinski definition) is 5. The van der Waals surface area contributed by atoms with Crippen LogP contribution < -0.4 is 0 Å². The standard InChI is InChI=1S/C15H27NO5/c1-4-20-9-6-8-16(11-12(2)15(18)19-3)14(17)13-7-5-10-21-13/h12-13H,4-11H2,1-3H3. The van der Waals surface area contributed by atoms with Crippen molar-refractivity contribution in [1.82, 2.24) is 4.90 Å². The van der Waals surface area contributed by atoms with Crippen LogP contribution >= 0.6 is 0 Å². The number of nitrogens with zero attached hydrogens (tertiary/aromatic N) is 1. The van der Waals surface area contributed by atoms with Crippen molar-refractivity contribution in [2.24, 2.45) is 5.92 Å². The van der Waals surface area contributed by atoms with Gasteiger partial charge in [0, 0.05) is 32.9 Å². The van der Waals surface area contributed by atoms with E-state index in [-0.39, 0.29) is 23.9 Å². The quantitative estimate of drug-likeness (QED) is 0.473. The molecule has 0 aromatic carbocycles. The van der Waals surface area contributed by atoms with E-state index in [1.54, 1.807) is 11.8 Å². The van der Waals surface area contributed by atoms with Crippen LogP contribution in [0.2, 0.25) is 0 Å². The Morgan fingerprint density at radius 1 is 1.43 bits per heavy atom. The van der Waals surface area contributed by atoms with E-state index < -0.39 is 0 Å². The van der Waals surface area contributed by atoms with Gasteiger partial charge in [0.1, 0.15) is 6.10 Å². The number of ether oxygens (including phenoxy) is 3. The third-order valence-electron chi connectivity index (χ3n) is 3.54. The second-order valence-corrected chi connectivity index (χ2v) is 5.26. The minimum atomic E-state index is -0.359. The summed E-state index contributed by atoms with van der Waals surface area (Å²) in [6.45, 7) is 6.54. The lowest BCUT2D eigenvalue weighted by Crippen LogP contribution is -2.43. The predicted molar refractivity (Wildman–Crippen MR) is 77.8 cm³/mol. The van der Waals surface area contributed by atoms with E-state index in [1.807, 2.05) is 6.92 Å². The zero-order chi connectivity index (χ0) is 15.7. The van der Waals surface area contributed by atoms with Crippen molar-refractivity contribution in [3.63, 3.8) is 0 Å². The molecule has 2 unspecified atom stereocenters. The number of methoxy groups -OCH3 is 1. The van der Waals surface area contributed by atoms with Crippen LogP contribution in [-0.2, 0) is 23.8 Å². The molecule has 6 nitrogen and oxygen atoms in total. The molecule has 2 atom stereocenters. The Balaban J connectivity index is 2.55. The maximum Gasteiger partial charge on any atom is 0.310 e. The Kier molecular flexibility index (Phi) is 8.30. The van der Waals surface area contributed by atoms with E-state index >= 15 is 0 Å². The molecule has 1 fully saturated rings. The van der Waals surface area contributed by atoms with Gasteiger partial charge in [0.05, 0.1) is 13.0 Å². The van der Waals surface area contributed by atoms with Gasteiger partial charge in [-0.25, -0.2) is 0 Å². The number of rotatable bonds is 9. The third kappa shape index (κ3) is 6.01. The molecule has 1 saturated heterocycles. The summed E-state index contributed by atoms with van der Waals surface area (Å²) >= 11 is 0. The average Bonchev–Trinajstić information content (AvgIpc) is 3.02. The topological polar surface area (TPSA) is 65.1 Å². The molecule has 21 heavy (non-hydrogen) atoms. The van der Waals surface area contributed by atoms with Gasteiger partial charge in [0.2, 0.25) is 0 Å². The molecule has 1 rings (SSSR count). The van der Waals surface area contributed by atoms with Crippen LogP contribution in [0, 0.1) is 5.92 Å². The first-order chi connectivity index (χ1) is 10.1. The number of hydrogen-bond donors (Lipinski definition) is 0. The van der Waals surface area contributed by atoms with Crippen LogP contribution in [0.5, 0.6) is 0 Å². The van der Waals surface area contributed by atoms with Crippen molar-refractivity contribution in [2.75, 3.05) is 40.0 Å². The number of esters is 1. The second-order valence-electron chi connectivity index (χ2n) is 5.26.